The molecule has 0 unspecified atom stereocenters. The summed E-state index contributed by atoms with van der Waals surface area (Å²) in [6.45, 7) is 8.77. The maximum atomic E-state index is 9.75. The SMILES string of the molecule is COCCOCC[NH+](CCOCCOC)CCOCCOC.F[B-](F)(F)F. The fourth-order valence-electron chi connectivity index (χ4n) is 1.76. The third kappa shape index (κ3) is 33.5. The van der Waals surface area contributed by atoms with Gasteiger partial charge in [0.15, 0.2) is 0 Å². The Bertz CT molecular complexity index is 254. The van der Waals surface area contributed by atoms with E-state index in [0.29, 0.717) is 39.6 Å². The molecule has 0 aromatic heterocycles. The van der Waals surface area contributed by atoms with Gasteiger partial charge in [0, 0.05) is 21.3 Å². The zero-order valence-corrected chi connectivity index (χ0v) is 16.5. The minimum atomic E-state index is -6.00. The molecule has 0 bridgehead atoms. The van der Waals surface area contributed by atoms with E-state index >= 15 is 0 Å². The van der Waals surface area contributed by atoms with Gasteiger partial charge < -0.3 is 50.6 Å². The molecule has 0 aliphatic heterocycles. The van der Waals surface area contributed by atoms with Crippen LogP contribution in [0.15, 0.2) is 0 Å². The lowest BCUT2D eigenvalue weighted by Crippen LogP contribution is -3.13. The second-order valence-corrected chi connectivity index (χ2v) is 5.31. The molecule has 12 heteroatoms. The van der Waals surface area contributed by atoms with Crippen LogP contribution in [0, 0.1) is 0 Å². The topological polar surface area (TPSA) is 59.8 Å². The van der Waals surface area contributed by atoms with Crippen molar-refractivity contribution in [3.05, 3.63) is 0 Å². The van der Waals surface area contributed by atoms with Crippen LogP contribution in [0.4, 0.5) is 17.3 Å². The normalized spacial score (nSPS) is 11.6. The van der Waals surface area contributed by atoms with E-state index in [4.69, 9.17) is 28.4 Å². The molecule has 0 fully saturated rings. The Morgan fingerprint density at radius 2 is 0.778 bits per heavy atom. The highest BCUT2D eigenvalue weighted by molar-refractivity contribution is 6.50. The summed E-state index contributed by atoms with van der Waals surface area (Å²) in [4.78, 5) is 1.41. The monoisotopic (exact) mass is 411 g/mol. The fourth-order valence-corrected chi connectivity index (χ4v) is 1.76. The van der Waals surface area contributed by atoms with Gasteiger partial charge >= 0.3 is 7.25 Å². The van der Waals surface area contributed by atoms with E-state index in [0.717, 1.165) is 39.5 Å². The van der Waals surface area contributed by atoms with Crippen molar-refractivity contribution in [3.8, 4) is 0 Å². The molecule has 0 atom stereocenters. The Balaban J connectivity index is 0. The molecule has 0 spiro atoms. The Hall–Kier alpha value is -0.495. The molecule has 0 amide bonds. The van der Waals surface area contributed by atoms with Crippen LogP contribution in [0.25, 0.3) is 0 Å². The van der Waals surface area contributed by atoms with Crippen molar-refractivity contribution in [1.82, 2.24) is 0 Å². The van der Waals surface area contributed by atoms with Crippen molar-refractivity contribution in [3.63, 3.8) is 0 Å². The second-order valence-electron chi connectivity index (χ2n) is 5.31. The third-order valence-corrected chi connectivity index (χ3v) is 3.10. The summed E-state index contributed by atoms with van der Waals surface area (Å²) in [5.74, 6) is 0. The molecule has 7 nitrogen and oxygen atoms in total. The Morgan fingerprint density at radius 3 is 1.00 bits per heavy atom. The summed E-state index contributed by atoms with van der Waals surface area (Å²) >= 11 is 0. The molecule has 0 aliphatic carbocycles. The van der Waals surface area contributed by atoms with Crippen molar-refractivity contribution in [1.29, 1.82) is 0 Å². The minimum absolute atomic E-state index is 0.635. The maximum absolute atomic E-state index is 9.75. The largest absolute Gasteiger partial charge is 0.673 e. The van der Waals surface area contributed by atoms with Crippen LogP contribution in [-0.4, -0.2) is 108 Å². The van der Waals surface area contributed by atoms with Gasteiger partial charge in [-0.2, -0.15) is 0 Å². The number of ether oxygens (including phenoxy) is 6. The molecule has 0 heterocycles. The van der Waals surface area contributed by atoms with Crippen LogP contribution < -0.4 is 4.90 Å². The lowest BCUT2D eigenvalue weighted by molar-refractivity contribution is -0.901. The van der Waals surface area contributed by atoms with Crippen molar-refractivity contribution >= 4 is 7.25 Å². The van der Waals surface area contributed by atoms with Crippen molar-refractivity contribution in [2.45, 2.75) is 0 Å². The van der Waals surface area contributed by atoms with Gasteiger partial charge in [0.25, 0.3) is 0 Å². The van der Waals surface area contributed by atoms with Crippen molar-refractivity contribution in [2.75, 3.05) is 100 Å². The van der Waals surface area contributed by atoms with E-state index in [1.165, 1.54) is 4.90 Å². The molecule has 1 N–H and O–H groups in total. The van der Waals surface area contributed by atoms with E-state index in [2.05, 4.69) is 0 Å². The van der Waals surface area contributed by atoms with Gasteiger partial charge in [-0.3, -0.25) is 0 Å². The molecule has 0 aromatic carbocycles. The summed E-state index contributed by atoms with van der Waals surface area (Å²) in [5, 5.41) is 0. The van der Waals surface area contributed by atoms with E-state index in [1.54, 1.807) is 21.3 Å². The number of quaternary nitrogens is 1. The predicted octanol–water partition coefficient (Wildman–Crippen LogP) is 0.160. The summed E-state index contributed by atoms with van der Waals surface area (Å²) in [7, 11) is -0.971. The highest BCUT2D eigenvalue weighted by Gasteiger charge is 2.20. The van der Waals surface area contributed by atoms with E-state index in [1.807, 2.05) is 0 Å². The van der Waals surface area contributed by atoms with Gasteiger partial charge in [-0.05, 0) is 0 Å². The number of halogens is 4. The first-order valence-corrected chi connectivity index (χ1v) is 8.76. The number of rotatable bonds is 18. The predicted molar refractivity (Wildman–Crippen MR) is 93.8 cm³/mol. The van der Waals surface area contributed by atoms with E-state index in [9.17, 15) is 17.3 Å². The second kappa shape index (κ2) is 21.8. The highest BCUT2D eigenvalue weighted by Crippen LogP contribution is 2.06. The Morgan fingerprint density at radius 1 is 0.519 bits per heavy atom. The zero-order valence-electron chi connectivity index (χ0n) is 16.5. The van der Waals surface area contributed by atoms with Crippen LogP contribution in [0.5, 0.6) is 0 Å². The molecule has 0 radical (unpaired) electrons. The van der Waals surface area contributed by atoms with Crippen molar-refractivity contribution in [2.24, 2.45) is 0 Å². The summed E-state index contributed by atoms with van der Waals surface area (Å²) in [6.07, 6.45) is 0. The molecule has 0 aliphatic rings. The van der Waals surface area contributed by atoms with Crippen molar-refractivity contribution < 1.29 is 50.6 Å². The molecule has 0 saturated carbocycles. The number of hydrogen-bond acceptors (Lipinski definition) is 6. The first-order valence-electron chi connectivity index (χ1n) is 8.76. The zero-order chi connectivity index (χ0) is 20.8. The lowest BCUT2D eigenvalue weighted by atomic mass is 10.3. The quantitative estimate of drug-likeness (QED) is 0.197. The third-order valence-electron chi connectivity index (χ3n) is 3.10. The van der Waals surface area contributed by atoms with Crippen LogP contribution in [0.2, 0.25) is 0 Å². The fraction of sp³-hybridized carbons (Fsp3) is 1.00. The van der Waals surface area contributed by atoms with Crippen LogP contribution in [0.1, 0.15) is 0 Å². The summed E-state index contributed by atoms with van der Waals surface area (Å²) < 4.78 is 70.5. The Kier molecular flexibility index (Phi) is 23.2. The smallest absolute Gasteiger partial charge is 0.418 e. The average Bonchev–Trinajstić information content (AvgIpc) is 2.59. The van der Waals surface area contributed by atoms with Gasteiger partial charge in [0.05, 0.1) is 59.5 Å². The lowest BCUT2D eigenvalue weighted by Gasteiger charge is -2.19. The number of hydrogen-bond donors (Lipinski definition) is 1. The van der Waals surface area contributed by atoms with Gasteiger partial charge in [0.1, 0.15) is 19.6 Å². The maximum Gasteiger partial charge on any atom is 0.673 e. The van der Waals surface area contributed by atoms with Gasteiger partial charge in [-0.25, -0.2) is 0 Å². The average molecular weight is 411 g/mol. The van der Waals surface area contributed by atoms with Gasteiger partial charge in [-0.15, -0.1) is 0 Å². The molecular weight excluding hydrogens is 377 g/mol. The molecule has 27 heavy (non-hydrogen) atoms. The molecular formula is C15H34BF4NO6. The van der Waals surface area contributed by atoms with Crippen LogP contribution >= 0.6 is 0 Å². The molecule has 0 aromatic rings. The molecule has 166 valence electrons. The van der Waals surface area contributed by atoms with E-state index < -0.39 is 7.25 Å². The van der Waals surface area contributed by atoms with Crippen LogP contribution in [0.3, 0.4) is 0 Å². The minimum Gasteiger partial charge on any atom is -0.418 e. The highest BCUT2D eigenvalue weighted by atomic mass is 19.5. The first kappa shape index (κ1) is 28.7. The Labute approximate surface area is 159 Å². The van der Waals surface area contributed by atoms with Gasteiger partial charge in [-0.1, -0.05) is 0 Å². The van der Waals surface area contributed by atoms with Crippen LogP contribution in [-0.2, 0) is 28.4 Å². The molecule has 0 rings (SSSR count). The summed E-state index contributed by atoms with van der Waals surface area (Å²) in [5.41, 5.74) is 0. The first-order chi connectivity index (χ1) is 12.8. The standard InChI is InChI=1S/C15H33NO6.BF4/c1-17-10-13-20-7-4-16(5-8-21-14-11-18-2)6-9-22-15-12-19-3;2-1(3,4)5/h4-15H2,1-3H3;/q;-1/p+1. The van der Waals surface area contributed by atoms with E-state index in [-0.39, 0.29) is 0 Å². The molecule has 0 saturated heterocycles. The summed E-state index contributed by atoms with van der Waals surface area (Å²) in [6, 6.07) is 0. The van der Waals surface area contributed by atoms with Gasteiger partial charge in [0.2, 0.25) is 0 Å². The number of nitrogens with one attached hydrogen (secondary N) is 1. The number of methoxy groups -OCH3 is 3.